The van der Waals surface area contributed by atoms with Gasteiger partial charge < -0.3 is 9.26 Å². The van der Waals surface area contributed by atoms with Crippen molar-refractivity contribution in [2.24, 2.45) is 0 Å². The summed E-state index contributed by atoms with van der Waals surface area (Å²) in [6.07, 6.45) is 0. The Kier molecular flexibility index (Phi) is 6.06. The summed E-state index contributed by atoms with van der Waals surface area (Å²) in [5, 5.41) is 1.33. The molecular weight excluding hydrogens is 270 g/mol. The van der Waals surface area contributed by atoms with Crippen molar-refractivity contribution in [2.45, 2.75) is 6.92 Å². The van der Waals surface area contributed by atoms with Gasteiger partial charge >= 0.3 is 0 Å². The minimum absolute atomic E-state index is 0. The number of hydrogen-bond donors (Lipinski definition) is 0. The van der Waals surface area contributed by atoms with Crippen LogP contribution >= 0.6 is 7.37 Å². The van der Waals surface area contributed by atoms with E-state index in [1.54, 1.807) is 12.1 Å². The van der Waals surface area contributed by atoms with Crippen LogP contribution in [0.5, 0.6) is 5.75 Å². The zero-order valence-electron chi connectivity index (χ0n) is 11.7. The molecule has 0 aliphatic carbocycles. The van der Waals surface area contributed by atoms with Gasteiger partial charge in [0.05, 0.1) is 6.61 Å². The lowest BCUT2D eigenvalue weighted by molar-refractivity contribution is 0.340. The molecule has 3 nitrogen and oxygen atoms in total. The number of benzene rings is 2. The monoisotopic (exact) mass is 287 g/mol. The average molecular weight is 287 g/mol. The van der Waals surface area contributed by atoms with Crippen LogP contribution < -0.4 is 15.3 Å². The van der Waals surface area contributed by atoms with E-state index in [9.17, 15) is 4.57 Å². The Morgan fingerprint density at radius 3 is 2.25 bits per heavy atom. The van der Waals surface area contributed by atoms with Crippen LogP contribution in [0.25, 0.3) is 0 Å². The average Bonchev–Trinajstić information content (AvgIpc) is 2.48. The van der Waals surface area contributed by atoms with E-state index in [1.807, 2.05) is 49.4 Å². The normalized spacial score (nSPS) is 13.1. The van der Waals surface area contributed by atoms with E-state index in [0.717, 1.165) is 0 Å². The third kappa shape index (κ3) is 3.33. The number of hydrogen-bond acceptors (Lipinski definition) is 3. The first-order valence-corrected chi connectivity index (χ1v) is 7.78. The molecule has 0 N–H and O–H groups in total. The molecule has 0 aliphatic rings. The Balaban J connectivity index is 0.00000200. The highest BCUT2D eigenvalue weighted by atomic mass is 31.2. The summed E-state index contributed by atoms with van der Waals surface area (Å²) in [7, 11) is -1.56. The SMILES string of the molecule is CCOc1cccc(P(=O)(OC)c2ccccc2)c1.[B]. The second-order valence-electron chi connectivity index (χ2n) is 4.00. The summed E-state index contributed by atoms with van der Waals surface area (Å²) < 4.78 is 23.9. The van der Waals surface area contributed by atoms with Crippen LogP contribution in [-0.2, 0) is 9.09 Å². The molecule has 0 spiro atoms. The van der Waals surface area contributed by atoms with Crippen molar-refractivity contribution in [3.8, 4) is 5.75 Å². The molecule has 0 aromatic heterocycles. The van der Waals surface area contributed by atoms with Gasteiger partial charge in [-0.2, -0.15) is 0 Å². The molecule has 0 amide bonds. The van der Waals surface area contributed by atoms with Crippen molar-refractivity contribution in [1.29, 1.82) is 0 Å². The molecule has 103 valence electrons. The van der Waals surface area contributed by atoms with Crippen LogP contribution in [0, 0.1) is 0 Å². The molecule has 0 fully saturated rings. The van der Waals surface area contributed by atoms with Crippen molar-refractivity contribution in [3.05, 3.63) is 54.6 Å². The largest absolute Gasteiger partial charge is 0.494 e. The van der Waals surface area contributed by atoms with Crippen molar-refractivity contribution < 1.29 is 13.8 Å². The van der Waals surface area contributed by atoms with Crippen LogP contribution in [-0.4, -0.2) is 22.1 Å². The molecule has 0 bridgehead atoms. The molecule has 0 heterocycles. The van der Waals surface area contributed by atoms with Gasteiger partial charge in [-0.3, -0.25) is 4.57 Å². The van der Waals surface area contributed by atoms with E-state index in [0.29, 0.717) is 23.0 Å². The summed E-state index contributed by atoms with van der Waals surface area (Å²) in [4.78, 5) is 0. The van der Waals surface area contributed by atoms with E-state index in [1.165, 1.54) is 7.11 Å². The molecule has 20 heavy (non-hydrogen) atoms. The maximum atomic E-state index is 13.1. The molecule has 5 heteroatoms. The molecule has 2 aromatic carbocycles. The predicted octanol–water partition coefficient (Wildman–Crippen LogP) is 2.58. The van der Waals surface area contributed by atoms with Crippen LogP contribution in [0.15, 0.2) is 54.6 Å². The molecule has 2 rings (SSSR count). The van der Waals surface area contributed by atoms with Crippen LogP contribution in [0.1, 0.15) is 6.92 Å². The topological polar surface area (TPSA) is 35.5 Å². The molecule has 0 saturated carbocycles. The minimum Gasteiger partial charge on any atom is -0.494 e. The van der Waals surface area contributed by atoms with Gasteiger partial charge in [0.15, 0.2) is 0 Å². The highest BCUT2D eigenvalue weighted by Crippen LogP contribution is 2.44. The third-order valence-electron chi connectivity index (χ3n) is 2.82. The van der Waals surface area contributed by atoms with E-state index in [-0.39, 0.29) is 8.41 Å². The molecule has 0 aliphatic heterocycles. The van der Waals surface area contributed by atoms with Gasteiger partial charge in [0.25, 0.3) is 7.37 Å². The zero-order chi connectivity index (χ0) is 13.7. The van der Waals surface area contributed by atoms with Gasteiger partial charge in [-0.05, 0) is 37.3 Å². The first-order valence-electron chi connectivity index (χ1n) is 6.15. The van der Waals surface area contributed by atoms with Crippen LogP contribution in [0.4, 0.5) is 0 Å². The number of ether oxygens (including phenoxy) is 1. The summed E-state index contributed by atoms with van der Waals surface area (Å²) >= 11 is 0. The summed E-state index contributed by atoms with van der Waals surface area (Å²) in [6.45, 7) is 2.49. The van der Waals surface area contributed by atoms with Crippen molar-refractivity contribution in [3.63, 3.8) is 0 Å². The molecule has 1 unspecified atom stereocenters. The van der Waals surface area contributed by atoms with Crippen LogP contribution in [0.2, 0.25) is 0 Å². The fourth-order valence-corrected chi connectivity index (χ4v) is 3.77. The second kappa shape index (κ2) is 7.32. The minimum atomic E-state index is -3.04. The summed E-state index contributed by atoms with van der Waals surface area (Å²) in [5.74, 6) is 0.702. The highest BCUT2D eigenvalue weighted by molar-refractivity contribution is 7.74. The Labute approximate surface area is 122 Å². The zero-order valence-corrected chi connectivity index (χ0v) is 12.5. The fraction of sp³-hybridized carbons (Fsp3) is 0.200. The van der Waals surface area contributed by atoms with Gasteiger partial charge in [-0.1, -0.05) is 24.3 Å². The molecule has 3 radical (unpaired) electrons. The maximum Gasteiger partial charge on any atom is 0.261 e. The van der Waals surface area contributed by atoms with Crippen molar-refractivity contribution >= 4 is 26.4 Å². The maximum absolute atomic E-state index is 13.1. The number of rotatable bonds is 5. The Hall–Kier alpha value is -1.51. The summed E-state index contributed by atoms with van der Waals surface area (Å²) in [5.41, 5.74) is 0. The van der Waals surface area contributed by atoms with Crippen molar-refractivity contribution in [2.75, 3.05) is 13.7 Å². The first-order chi connectivity index (χ1) is 9.20. The predicted molar refractivity (Wildman–Crippen MR) is 83.7 cm³/mol. The van der Waals surface area contributed by atoms with Crippen molar-refractivity contribution in [1.82, 2.24) is 0 Å². The smallest absolute Gasteiger partial charge is 0.261 e. The molecule has 2 aromatic rings. The Morgan fingerprint density at radius 1 is 1.00 bits per heavy atom. The van der Waals surface area contributed by atoms with E-state index < -0.39 is 7.37 Å². The van der Waals surface area contributed by atoms with E-state index >= 15 is 0 Å². The Bertz CT molecular complexity index is 587. The van der Waals surface area contributed by atoms with Gasteiger partial charge in [0.2, 0.25) is 0 Å². The van der Waals surface area contributed by atoms with Gasteiger partial charge in [-0.15, -0.1) is 0 Å². The summed E-state index contributed by atoms with van der Waals surface area (Å²) in [6, 6.07) is 16.5. The lowest BCUT2D eigenvalue weighted by Gasteiger charge is -2.17. The molecule has 0 saturated heterocycles. The fourth-order valence-electron chi connectivity index (χ4n) is 1.91. The van der Waals surface area contributed by atoms with Gasteiger partial charge in [-0.25, -0.2) is 0 Å². The van der Waals surface area contributed by atoms with E-state index in [4.69, 9.17) is 9.26 Å². The van der Waals surface area contributed by atoms with Gasteiger partial charge in [0.1, 0.15) is 5.75 Å². The molecular formula is C15H17BO3P. The Morgan fingerprint density at radius 2 is 1.65 bits per heavy atom. The lowest BCUT2D eigenvalue weighted by atomic mass is 10.3. The lowest BCUT2D eigenvalue weighted by Crippen LogP contribution is -2.17. The van der Waals surface area contributed by atoms with Gasteiger partial charge in [0, 0.05) is 26.1 Å². The third-order valence-corrected chi connectivity index (χ3v) is 5.27. The standard InChI is InChI=1S/C15H17O3P.B/c1-3-18-13-8-7-11-15(12-13)19(16,17-2)14-9-5-4-6-10-14;/h4-12H,3H2,1-2H3;. The molecule has 1 atom stereocenters. The highest BCUT2D eigenvalue weighted by Gasteiger charge is 2.27. The second-order valence-corrected chi connectivity index (χ2v) is 6.50. The quantitative estimate of drug-likeness (QED) is 0.626. The first kappa shape index (κ1) is 16.5. The van der Waals surface area contributed by atoms with E-state index in [2.05, 4.69) is 0 Å². The van der Waals surface area contributed by atoms with Crippen LogP contribution in [0.3, 0.4) is 0 Å².